The molecule has 2 aromatic rings. The summed E-state index contributed by atoms with van der Waals surface area (Å²) in [5.74, 6) is 2.56. The Labute approximate surface area is 133 Å². The summed E-state index contributed by atoms with van der Waals surface area (Å²) >= 11 is 3.54. The van der Waals surface area contributed by atoms with E-state index in [1.165, 1.54) is 12.8 Å². The summed E-state index contributed by atoms with van der Waals surface area (Å²) in [5, 5.41) is 3.34. The lowest BCUT2D eigenvalue weighted by Crippen LogP contribution is -2.34. The van der Waals surface area contributed by atoms with Crippen molar-refractivity contribution < 1.29 is 0 Å². The van der Waals surface area contributed by atoms with Gasteiger partial charge in [-0.2, -0.15) is 0 Å². The van der Waals surface area contributed by atoms with Crippen LogP contribution in [0.15, 0.2) is 41.1 Å². The Morgan fingerprint density at radius 2 is 2.14 bits per heavy atom. The van der Waals surface area contributed by atoms with Gasteiger partial charge in [0.25, 0.3) is 0 Å². The lowest BCUT2D eigenvalue weighted by molar-refractivity contribution is 0.444. The van der Waals surface area contributed by atoms with Crippen LogP contribution in [0.3, 0.4) is 0 Å². The molecule has 21 heavy (non-hydrogen) atoms. The molecule has 2 heterocycles. The number of rotatable bonds is 3. The SMILES string of the molecule is CC1CCCN(c2cc(Nc3ccccc3Br)ncn2)C1. The van der Waals surface area contributed by atoms with Crippen molar-refractivity contribution in [3.8, 4) is 0 Å². The van der Waals surface area contributed by atoms with Crippen LogP contribution in [0.4, 0.5) is 17.3 Å². The maximum Gasteiger partial charge on any atom is 0.135 e. The standard InChI is InChI=1S/C16H19BrN4/c1-12-5-4-8-21(10-12)16-9-15(18-11-19-16)20-14-7-3-2-6-13(14)17/h2-3,6-7,9,11-12H,4-5,8,10H2,1H3,(H,18,19,20). The minimum atomic E-state index is 0.730. The minimum absolute atomic E-state index is 0.730. The molecule has 1 aliphatic rings. The van der Waals surface area contributed by atoms with E-state index in [0.717, 1.165) is 40.8 Å². The normalized spacial score (nSPS) is 18.6. The van der Waals surface area contributed by atoms with Crippen molar-refractivity contribution >= 4 is 33.3 Å². The summed E-state index contributed by atoms with van der Waals surface area (Å²) in [6, 6.07) is 10.1. The van der Waals surface area contributed by atoms with Gasteiger partial charge >= 0.3 is 0 Å². The molecule has 0 bridgehead atoms. The molecule has 4 nitrogen and oxygen atoms in total. The Bertz CT molecular complexity index is 617. The second kappa shape index (κ2) is 6.43. The largest absolute Gasteiger partial charge is 0.356 e. The molecule has 1 aromatic carbocycles. The van der Waals surface area contributed by atoms with Crippen LogP contribution in [-0.4, -0.2) is 23.1 Å². The molecule has 0 spiro atoms. The average Bonchev–Trinajstić information content (AvgIpc) is 2.50. The van der Waals surface area contributed by atoms with Crippen molar-refractivity contribution in [1.29, 1.82) is 0 Å². The Morgan fingerprint density at radius 1 is 1.29 bits per heavy atom. The molecule has 0 saturated carbocycles. The van der Waals surface area contributed by atoms with Gasteiger partial charge in [-0.25, -0.2) is 9.97 Å². The summed E-state index contributed by atoms with van der Waals surface area (Å²) in [6.07, 6.45) is 4.18. The molecule has 0 amide bonds. The van der Waals surface area contributed by atoms with Crippen LogP contribution in [0.2, 0.25) is 0 Å². The molecular formula is C16H19BrN4. The van der Waals surface area contributed by atoms with Gasteiger partial charge in [-0.1, -0.05) is 19.1 Å². The fourth-order valence-electron chi connectivity index (χ4n) is 2.69. The third kappa shape index (κ3) is 3.53. The number of nitrogens with one attached hydrogen (secondary N) is 1. The van der Waals surface area contributed by atoms with E-state index in [4.69, 9.17) is 0 Å². The number of anilines is 3. The maximum atomic E-state index is 4.42. The van der Waals surface area contributed by atoms with E-state index in [0.29, 0.717) is 0 Å². The Kier molecular flexibility index (Phi) is 4.39. The smallest absolute Gasteiger partial charge is 0.135 e. The molecule has 3 rings (SSSR count). The predicted molar refractivity (Wildman–Crippen MR) is 90.1 cm³/mol. The Hall–Kier alpha value is -1.62. The van der Waals surface area contributed by atoms with Crippen molar-refractivity contribution in [3.63, 3.8) is 0 Å². The van der Waals surface area contributed by atoms with E-state index in [2.05, 4.69) is 43.0 Å². The summed E-state index contributed by atoms with van der Waals surface area (Å²) < 4.78 is 1.02. The maximum absolute atomic E-state index is 4.42. The number of aromatic nitrogens is 2. The van der Waals surface area contributed by atoms with Crippen LogP contribution in [0, 0.1) is 5.92 Å². The van der Waals surface area contributed by atoms with E-state index >= 15 is 0 Å². The van der Waals surface area contributed by atoms with Crippen LogP contribution >= 0.6 is 15.9 Å². The van der Waals surface area contributed by atoms with Gasteiger partial charge in [0.05, 0.1) is 5.69 Å². The highest BCUT2D eigenvalue weighted by Crippen LogP contribution is 2.26. The van der Waals surface area contributed by atoms with Gasteiger partial charge in [-0.05, 0) is 46.8 Å². The predicted octanol–water partition coefficient (Wildman–Crippen LogP) is 4.22. The molecule has 0 radical (unpaired) electrons. The zero-order valence-electron chi connectivity index (χ0n) is 12.1. The lowest BCUT2D eigenvalue weighted by atomic mass is 10.0. The number of piperidine rings is 1. The summed E-state index contributed by atoms with van der Waals surface area (Å²) in [5.41, 5.74) is 1.01. The van der Waals surface area contributed by atoms with Gasteiger partial charge in [0.1, 0.15) is 18.0 Å². The minimum Gasteiger partial charge on any atom is -0.356 e. The molecule has 1 aromatic heterocycles. The quantitative estimate of drug-likeness (QED) is 0.903. The van der Waals surface area contributed by atoms with Gasteiger partial charge in [0.2, 0.25) is 0 Å². The van der Waals surface area contributed by atoms with E-state index in [1.54, 1.807) is 6.33 Å². The van der Waals surface area contributed by atoms with Gasteiger partial charge in [0.15, 0.2) is 0 Å². The highest BCUT2D eigenvalue weighted by Gasteiger charge is 2.17. The molecule has 1 aliphatic heterocycles. The topological polar surface area (TPSA) is 41.0 Å². The van der Waals surface area contributed by atoms with Crippen molar-refractivity contribution in [3.05, 3.63) is 41.1 Å². The Morgan fingerprint density at radius 3 is 2.95 bits per heavy atom. The van der Waals surface area contributed by atoms with Crippen LogP contribution in [-0.2, 0) is 0 Å². The first-order valence-corrected chi connectivity index (χ1v) is 8.10. The fraction of sp³-hybridized carbons (Fsp3) is 0.375. The molecule has 0 aliphatic carbocycles. The number of hydrogen-bond acceptors (Lipinski definition) is 4. The van der Waals surface area contributed by atoms with Crippen LogP contribution in [0.5, 0.6) is 0 Å². The molecule has 1 fully saturated rings. The number of hydrogen-bond donors (Lipinski definition) is 1. The van der Waals surface area contributed by atoms with Crippen LogP contribution in [0.1, 0.15) is 19.8 Å². The molecule has 1 unspecified atom stereocenters. The van der Waals surface area contributed by atoms with Gasteiger partial charge in [-0.3, -0.25) is 0 Å². The number of benzene rings is 1. The number of para-hydroxylation sites is 1. The van der Waals surface area contributed by atoms with Crippen molar-refractivity contribution in [2.45, 2.75) is 19.8 Å². The van der Waals surface area contributed by atoms with Crippen molar-refractivity contribution in [2.24, 2.45) is 5.92 Å². The molecule has 110 valence electrons. The van der Waals surface area contributed by atoms with Gasteiger partial charge in [-0.15, -0.1) is 0 Å². The Balaban J connectivity index is 1.78. The fourth-order valence-corrected chi connectivity index (χ4v) is 3.07. The average molecular weight is 347 g/mol. The lowest BCUT2D eigenvalue weighted by Gasteiger charge is -2.31. The highest BCUT2D eigenvalue weighted by atomic mass is 79.9. The van der Waals surface area contributed by atoms with Gasteiger partial charge < -0.3 is 10.2 Å². The zero-order chi connectivity index (χ0) is 14.7. The van der Waals surface area contributed by atoms with E-state index in [1.807, 2.05) is 30.3 Å². The van der Waals surface area contributed by atoms with Crippen LogP contribution < -0.4 is 10.2 Å². The summed E-state index contributed by atoms with van der Waals surface area (Å²) in [6.45, 7) is 4.45. The zero-order valence-corrected chi connectivity index (χ0v) is 13.7. The third-order valence-electron chi connectivity index (χ3n) is 3.77. The molecule has 5 heteroatoms. The summed E-state index contributed by atoms with van der Waals surface area (Å²) in [4.78, 5) is 11.1. The second-order valence-corrected chi connectivity index (χ2v) is 6.41. The second-order valence-electron chi connectivity index (χ2n) is 5.56. The monoisotopic (exact) mass is 346 g/mol. The molecular weight excluding hydrogens is 328 g/mol. The molecule has 1 saturated heterocycles. The van der Waals surface area contributed by atoms with E-state index in [9.17, 15) is 0 Å². The number of halogens is 1. The van der Waals surface area contributed by atoms with Gasteiger partial charge in [0, 0.05) is 23.6 Å². The van der Waals surface area contributed by atoms with Crippen molar-refractivity contribution in [1.82, 2.24) is 9.97 Å². The van der Waals surface area contributed by atoms with Crippen molar-refractivity contribution in [2.75, 3.05) is 23.3 Å². The molecule has 1 atom stereocenters. The highest BCUT2D eigenvalue weighted by molar-refractivity contribution is 9.10. The van der Waals surface area contributed by atoms with E-state index in [-0.39, 0.29) is 0 Å². The van der Waals surface area contributed by atoms with E-state index < -0.39 is 0 Å². The first-order chi connectivity index (χ1) is 10.2. The third-order valence-corrected chi connectivity index (χ3v) is 4.46. The first kappa shape index (κ1) is 14.3. The van der Waals surface area contributed by atoms with Crippen LogP contribution in [0.25, 0.3) is 0 Å². The molecule has 1 N–H and O–H groups in total. The first-order valence-electron chi connectivity index (χ1n) is 7.31. The number of nitrogens with zero attached hydrogens (tertiary/aromatic N) is 3. The summed E-state index contributed by atoms with van der Waals surface area (Å²) in [7, 11) is 0.